The van der Waals surface area contributed by atoms with E-state index in [4.69, 9.17) is 0 Å². The Morgan fingerprint density at radius 3 is 2.38 bits per heavy atom. The van der Waals surface area contributed by atoms with Gasteiger partial charge < -0.3 is 4.18 Å². The van der Waals surface area contributed by atoms with E-state index in [0.717, 1.165) is 0 Å². The zero-order valence-corrected chi connectivity index (χ0v) is 4.81. The maximum atomic E-state index is 10.0. The zero-order valence-electron chi connectivity index (χ0n) is 3.92. The van der Waals surface area contributed by atoms with Crippen LogP contribution in [0.1, 0.15) is 14.4 Å². The lowest BCUT2D eigenvalue weighted by molar-refractivity contribution is -0.127. The van der Waals surface area contributed by atoms with Crippen molar-refractivity contribution in [3.8, 4) is 0 Å². The molecule has 0 rings (SSSR count). The van der Waals surface area contributed by atoms with Crippen LogP contribution in [0, 0.1) is 0 Å². The van der Waals surface area contributed by atoms with Crippen molar-refractivity contribution in [1.82, 2.24) is 0 Å². The number of carbonyl (C=O) groups is 1. The SMILES string of the molecule is C.CC=CC(=O)OS. The molecule has 8 heavy (non-hydrogen) atoms. The third kappa shape index (κ3) is 5.56. The summed E-state index contributed by atoms with van der Waals surface area (Å²) in [7, 11) is 0. The molecule has 0 N–H and O–H groups in total. The van der Waals surface area contributed by atoms with Crippen molar-refractivity contribution in [2.24, 2.45) is 0 Å². The van der Waals surface area contributed by atoms with Crippen LogP contribution >= 0.6 is 12.9 Å². The van der Waals surface area contributed by atoms with Crippen molar-refractivity contribution in [2.75, 3.05) is 0 Å². The fourth-order valence-electron chi connectivity index (χ4n) is 0.167. The highest BCUT2D eigenvalue weighted by Gasteiger charge is 1.85. The van der Waals surface area contributed by atoms with Crippen molar-refractivity contribution < 1.29 is 8.98 Å². The van der Waals surface area contributed by atoms with Gasteiger partial charge in [0, 0.05) is 19.0 Å². The van der Waals surface area contributed by atoms with E-state index in [1.165, 1.54) is 6.08 Å². The molecule has 0 amide bonds. The van der Waals surface area contributed by atoms with Crippen molar-refractivity contribution in [3.05, 3.63) is 12.2 Å². The summed E-state index contributed by atoms with van der Waals surface area (Å²) >= 11 is 3.25. The van der Waals surface area contributed by atoms with E-state index in [2.05, 4.69) is 17.1 Å². The Kier molecular flexibility index (Phi) is 8.63. The van der Waals surface area contributed by atoms with Gasteiger partial charge in [0.1, 0.15) is 0 Å². The Labute approximate surface area is 55.2 Å². The molecule has 0 aliphatic carbocycles. The van der Waals surface area contributed by atoms with E-state index in [9.17, 15) is 4.79 Å². The predicted octanol–water partition coefficient (Wildman–Crippen LogP) is 1.59. The molecular formula is C5H10O2S. The fourth-order valence-corrected chi connectivity index (χ4v) is 0.227. The van der Waals surface area contributed by atoms with Gasteiger partial charge in [-0.05, 0) is 6.92 Å². The van der Waals surface area contributed by atoms with Crippen molar-refractivity contribution in [1.29, 1.82) is 0 Å². The molecule has 3 heteroatoms. The molecule has 0 bridgehead atoms. The standard InChI is InChI=1S/C4H6O2S.CH4/c1-2-3-4(5)6-7;/h2-3,7H,1H3;1H4. The summed E-state index contributed by atoms with van der Waals surface area (Å²) in [5.74, 6) is -0.439. The van der Waals surface area contributed by atoms with E-state index < -0.39 is 5.97 Å². The van der Waals surface area contributed by atoms with Gasteiger partial charge in [0.2, 0.25) is 0 Å². The highest BCUT2D eigenvalue weighted by Crippen LogP contribution is 1.81. The summed E-state index contributed by atoms with van der Waals surface area (Å²) in [6.45, 7) is 1.73. The molecule has 0 spiro atoms. The molecule has 0 aliphatic heterocycles. The van der Waals surface area contributed by atoms with Crippen LogP contribution in [0.4, 0.5) is 0 Å². The Morgan fingerprint density at radius 2 is 2.25 bits per heavy atom. The van der Waals surface area contributed by atoms with Crippen LogP contribution in [0.15, 0.2) is 12.2 Å². The van der Waals surface area contributed by atoms with Crippen LogP contribution in [0.25, 0.3) is 0 Å². The van der Waals surface area contributed by atoms with Crippen LogP contribution < -0.4 is 0 Å². The molecule has 0 aromatic heterocycles. The Balaban J connectivity index is 0. The number of thiol groups is 1. The molecule has 0 aromatic carbocycles. The third-order valence-corrected chi connectivity index (χ3v) is 0.573. The molecule has 0 unspecified atom stereocenters. The van der Waals surface area contributed by atoms with Gasteiger partial charge >= 0.3 is 5.97 Å². The van der Waals surface area contributed by atoms with Crippen molar-refractivity contribution >= 4 is 18.9 Å². The first kappa shape index (κ1) is 10.5. The lowest BCUT2D eigenvalue weighted by Crippen LogP contribution is -1.87. The fraction of sp³-hybridized carbons (Fsp3) is 0.400. The minimum absolute atomic E-state index is 0. The molecular weight excluding hydrogens is 124 g/mol. The van der Waals surface area contributed by atoms with Gasteiger partial charge in [-0.15, -0.1) is 0 Å². The van der Waals surface area contributed by atoms with Gasteiger partial charge in [-0.3, -0.25) is 0 Å². The second-order valence-electron chi connectivity index (χ2n) is 0.910. The number of allylic oxidation sites excluding steroid dienone is 1. The molecule has 0 radical (unpaired) electrons. The molecule has 48 valence electrons. The summed E-state index contributed by atoms with van der Waals surface area (Å²) in [6, 6.07) is 0. The minimum Gasteiger partial charge on any atom is -0.391 e. The molecule has 0 heterocycles. The van der Waals surface area contributed by atoms with Crippen LogP contribution in [0.5, 0.6) is 0 Å². The van der Waals surface area contributed by atoms with Gasteiger partial charge in [0.15, 0.2) is 0 Å². The monoisotopic (exact) mass is 134 g/mol. The quantitative estimate of drug-likeness (QED) is 0.335. The summed E-state index contributed by atoms with van der Waals surface area (Å²) in [4.78, 5) is 10.0. The van der Waals surface area contributed by atoms with Gasteiger partial charge in [0.05, 0.1) is 0 Å². The maximum absolute atomic E-state index is 10.0. The summed E-state index contributed by atoms with van der Waals surface area (Å²) < 4.78 is 3.96. The first-order valence-electron chi connectivity index (χ1n) is 1.79. The van der Waals surface area contributed by atoms with E-state index in [1.807, 2.05) is 0 Å². The smallest absolute Gasteiger partial charge is 0.342 e. The summed E-state index contributed by atoms with van der Waals surface area (Å²) in [6.07, 6.45) is 2.87. The molecule has 0 atom stereocenters. The number of carbonyl (C=O) groups excluding carboxylic acids is 1. The number of hydrogen-bond donors (Lipinski definition) is 1. The van der Waals surface area contributed by atoms with E-state index >= 15 is 0 Å². The second kappa shape index (κ2) is 6.56. The third-order valence-electron chi connectivity index (χ3n) is 0.393. The topological polar surface area (TPSA) is 26.3 Å². The van der Waals surface area contributed by atoms with Crippen LogP contribution in [0.2, 0.25) is 0 Å². The van der Waals surface area contributed by atoms with Gasteiger partial charge in [0.25, 0.3) is 0 Å². The molecule has 0 saturated heterocycles. The van der Waals surface area contributed by atoms with Crippen molar-refractivity contribution in [3.63, 3.8) is 0 Å². The molecule has 0 aliphatic rings. The van der Waals surface area contributed by atoms with Gasteiger partial charge in [-0.2, -0.15) is 0 Å². The lowest BCUT2D eigenvalue weighted by Gasteiger charge is -1.81. The largest absolute Gasteiger partial charge is 0.391 e. The summed E-state index contributed by atoms with van der Waals surface area (Å²) in [5.41, 5.74) is 0. The first-order valence-corrected chi connectivity index (χ1v) is 2.16. The van der Waals surface area contributed by atoms with Gasteiger partial charge in [-0.25, -0.2) is 4.79 Å². The molecule has 0 fully saturated rings. The Morgan fingerprint density at radius 1 is 1.75 bits per heavy atom. The van der Waals surface area contributed by atoms with Crippen LogP contribution in [-0.2, 0) is 8.98 Å². The lowest BCUT2D eigenvalue weighted by atomic mass is 10.5. The predicted molar refractivity (Wildman–Crippen MR) is 36.6 cm³/mol. The number of rotatable bonds is 1. The zero-order chi connectivity index (χ0) is 5.70. The average molecular weight is 134 g/mol. The average Bonchev–Trinajstić information content (AvgIpc) is 1.68. The normalized spacial score (nSPS) is 8.25. The van der Waals surface area contributed by atoms with Crippen molar-refractivity contribution in [2.45, 2.75) is 14.4 Å². The highest BCUT2D eigenvalue weighted by atomic mass is 32.1. The minimum atomic E-state index is -0.439. The summed E-state index contributed by atoms with van der Waals surface area (Å²) in [5, 5.41) is 0. The maximum Gasteiger partial charge on any atom is 0.342 e. The van der Waals surface area contributed by atoms with E-state index in [1.54, 1.807) is 13.0 Å². The number of hydrogen-bond acceptors (Lipinski definition) is 3. The Bertz CT molecular complexity index is 88.4. The van der Waals surface area contributed by atoms with E-state index in [-0.39, 0.29) is 7.43 Å². The van der Waals surface area contributed by atoms with Crippen LogP contribution in [0.3, 0.4) is 0 Å². The molecule has 0 aromatic rings. The van der Waals surface area contributed by atoms with E-state index in [0.29, 0.717) is 0 Å². The highest BCUT2D eigenvalue weighted by molar-refractivity contribution is 7.75. The molecule has 2 nitrogen and oxygen atoms in total. The molecule has 0 saturated carbocycles. The first-order chi connectivity index (χ1) is 3.31. The van der Waals surface area contributed by atoms with Crippen LogP contribution in [-0.4, -0.2) is 5.97 Å². The second-order valence-corrected chi connectivity index (χ2v) is 1.09. The Hall–Kier alpha value is -0.440. The van der Waals surface area contributed by atoms with Gasteiger partial charge in [-0.1, -0.05) is 13.5 Å².